The Hall–Kier alpha value is -0.570. The largest absolute Gasteiger partial charge is 0.469 e. The summed E-state index contributed by atoms with van der Waals surface area (Å²) >= 11 is 0. The molecule has 1 atom stereocenters. The molecule has 3 nitrogen and oxygen atoms in total. The fourth-order valence-electron chi connectivity index (χ4n) is 2.01. The van der Waals surface area contributed by atoms with Crippen LogP contribution in [0, 0.1) is 10.8 Å². The Morgan fingerprint density at radius 1 is 1.46 bits per heavy atom. The SMILES string of the molecule is COC(=O)C1(C(C)(C)C)CCNC1. The standard InChI is InChI=1S/C10H19NO2/c1-9(2,3)10(8(12)13-4)5-6-11-7-10/h11H,5-7H2,1-4H3. The lowest BCUT2D eigenvalue weighted by Crippen LogP contribution is -2.45. The maximum absolute atomic E-state index is 11.7. The van der Waals surface area contributed by atoms with Gasteiger partial charge in [-0.05, 0) is 18.4 Å². The number of esters is 1. The van der Waals surface area contributed by atoms with Gasteiger partial charge >= 0.3 is 5.97 Å². The smallest absolute Gasteiger partial charge is 0.313 e. The van der Waals surface area contributed by atoms with Crippen molar-refractivity contribution in [3.63, 3.8) is 0 Å². The molecule has 0 aromatic carbocycles. The molecule has 0 spiro atoms. The van der Waals surface area contributed by atoms with E-state index in [1.165, 1.54) is 7.11 Å². The third kappa shape index (κ3) is 1.57. The summed E-state index contributed by atoms with van der Waals surface area (Å²) in [6.45, 7) is 7.93. The van der Waals surface area contributed by atoms with Gasteiger partial charge in [-0.15, -0.1) is 0 Å². The molecule has 0 bridgehead atoms. The number of hydrogen-bond donors (Lipinski definition) is 1. The highest BCUT2D eigenvalue weighted by Gasteiger charge is 2.51. The van der Waals surface area contributed by atoms with E-state index in [2.05, 4.69) is 26.1 Å². The molecule has 76 valence electrons. The van der Waals surface area contributed by atoms with Gasteiger partial charge in [0.15, 0.2) is 0 Å². The molecule has 0 aromatic rings. The lowest BCUT2D eigenvalue weighted by Gasteiger charge is -2.38. The molecular formula is C10H19NO2. The minimum absolute atomic E-state index is 0.0381. The highest BCUT2D eigenvalue weighted by atomic mass is 16.5. The summed E-state index contributed by atoms with van der Waals surface area (Å²) in [4.78, 5) is 11.7. The zero-order chi connectivity index (χ0) is 10.1. The minimum atomic E-state index is -0.332. The number of carbonyl (C=O) groups excluding carboxylic acids is 1. The summed E-state index contributed by atoms with van der Waals surface area (Å²) in [5.41, 5.74) is -0.370. The zero-order valence-electron chi connectivity index (χ0n) is 8.94. The predicted molar refractivity (Wildman–Crippen MR) is 51.4 cm³/mol. The predicted octanol–water partition coefficient (Wildman–Crippen LogP) is 1.19. The van der Waals surface area contributed by atoms with E-state index in [1.54, 1.807) is 0 Å². The van der Waals surface area contributed by atoms with Crippen LogP contribution >= 0.6 is 0 Å². The van der Waals surface area contributed by atoms with Gasteiger partial charge in [0.25, 0.3) is 0 Å². The lowest BCUT2D eigenvalue weighted by atomic mass is 9.66. The normalized spacial score (nSPS) is 28.9. The van der Waals surface area contributed by atoms with Crippen LogP contribution in [0.5, 0.6) is 0 Å². The highest BCUT2D eigenvalue weighted by molar-refractivity contribution is 5.78. The van der Waals surface area contributed by atoms with Crippen LogP contribution in [0.3, 0.4) is 0 Å². The van der Waals surface area contributed by atoms with E-state index < -0.39 is 0 Å². The van der Waals surface area contributed by atoms with Gasteiger partial charge in [-0.3, -0.25) is 4.79 Å². The van der Waals surface area contributed by atoms with E-state index in [1.807, 2.05) is 0 Å². The second kappa shape index (κ2) is 3.29. The third-order valence-corrected chi connectivity index (χ3v) is 3.17. The Labute approximate surface area is 79.8 Å². The minimum Gasteiger partial charge on any atom is -0.469 e. The summed E-state index contributed by atoms with van der Waals surface area (Å²) in [5, 5.41) is 3.23. The summed E-state index contributed by atoms with van der Waals surface area (Å²) in [6, 6.07) is 0. The van der Waals surface area contributed by atoms with Crippen molar-refractivity contribution in [1.29, 1.82) is 0 Å². The second-order valence-electron chi connectivity index (χ2n) is 4.75. The Morgan fingerprint density at radius 2 is 2.08 bits per heavy atom. The summed E-state index contributed by atoms with van der Waals surface area (Å²) < 4.78 is 4.89. The van der Waals surface area contributed by atoms with Crippen LogP contribution in [0.25, 0.3) is 0 Å². The van der Waals surface area contributed by atoms with Crippen LogP contribution in [0.2, 0.25) is 0 Å². The van der Waals surface area contributed by atoms with Gasteiger partial charge in [0.05, 0.1) is 12.5 Å². The Morgan fingerprint density at radius 3 is 2.38 bits per heavy atom. The van der Waals surface area contributed by atoms with Crippen molar-refractivity contribution in [3.05, 3.63) is 0 Å². The molecule has 1 unspecified atom stereocenters. The Balaban J connectivity index is 2.94. The van der Waals surface area contributed by atoms with E-state index in [0.29, 0.717) is 0 Å². The molecule has 1 fully saturated rings. The van der Waals surface area contributed by atoms with Gasteiger partial charge in [0, 0.05) is 6.54 Å². The molecule has 0 aliphatic carbocycles. The van der Waals surface area contributed by atoms with E-state index in [-0.39, 0.29) is 16.8 Å². The Bertz CT molecular complexity index is 199. The molecule has 1 N–H and O–H groups in total. The van der Waals surface area contributed by atoms with Crippen LogP contribution in [0.15, 0.2) is 0 Å². The topological polar surface area (TPSA) is 38.3 Å². The van der Waals surface area contributed by atoms with Gasteiger partial charge in [-0.25, -0.2) is 0 Å². The van der Waals surface area contributed by atoms with Crippen LogP contribution in [0.1, 0.15) is 27.2 Å². The lowest BCUT2D eigenvalue weighted by molar-refractivity contribution is -0.158. The maximum atomic E-state index is 11.7. The summed E-state index contributed by atoms with van der Waals surface area (Å²) in [6.07, 6.45) is 0.878. The number of hydrogen-bond acceptors (Lipinski definition) is 3. The van der Waals surface area contributed by atoms with Crippen LogP contribution in [-0.2, 0) is 9.53 Å². The monoisotopic (exact) mass is 185 g/mol. The molecule has 1 saturated heterocycles. The van der Waals surface area contributed by atoms with E-state index in [0.717, 1.165) is 19.5 Å². The number of rotatable bonds is 1. The molecule has 1 rings (SSSR count). The van der Waals surface area contributed by atoms with Crippen molar-refractivity contribution in [3.8, 4) is 0 Å². The molecule has 1 aliphatic rings. The van der Waals surface area contributed by atoms with Crippen molar-refractivity contribution < 1.29 is 9.53 Å². The van der Waals surface area contributed by atoms with Gasteiger partial charge < -0.3 is 10.1 Å². The molecule has 0 aromatic heterocycles. The average molecular weight is 185 g/mol. The number of carbonyl (C=O) groups is 1. The molecule has 1 heterocycles. The second-order valence-corrected chi connectivity index (χ2v) is 4.75. The van der Waals surface area contributed by atoms with Gasteiger partial charge in [0.2, 0.25) is 0 Å². The summed E-state index contributed by atoms with van der Waals surface area (Å²) in [7, 11) is 1.47. The summed E-state index contributed by atoms with van der Waals surface area (Å²) in [5.74, 6) is -0.0787. The number of methoxy groups -OCH3 is 1. The van der Waals surface area contributed by atoms with Crippen molar-refractivity contribution in [1.82, 2.24) is 5.32 Å². The quantitative estimate of drug-likeness (QED) is 0.623. The van der Waals surface area contributed by atoms with E-state index >= 15 is 0 Å². The number of nitrogens with one attached hydrogen (secondary N) is 1. The number of ether oxygens (including phenoxy) is 1. The third-order valence-electron chi connectivity index (χ3n) is 3.17. The molecule has 0 saturated carbocycles. The van der Waals surface area contributed by atoms with Crippen LogP contribution < -0.4 is 5.32 Å². The molecule has 0 amide bonds. The van der Waals surface area contributed by atoms with Crippen molar-refractivity contribution in [2.24, 2.45) is 10.8 Å². The fourth-order valence-corrected chi connectivity index (χ4v) is 2.01. The van der Waals surface area contributed by atoms with Gasteiger partial charge in [-0.2, -0.15) is 0 Å². The van der Waals surface area contributed by atoms with E-state index in [4.69, 9.17) is 4.74 Å². The van der Waals surface area contributed by atoms with Crippen molar-refractivity contribution >= 4 is 5.97 Å². The zero-order valence-corrected chi connectivity index (χ0v) is 8.94. The molecule has 13 heavy (non-hydrogen) atoms. The van der Waals surface area contributed by atoms with E-state index in [9.17, 15) is 4.79 Å². The van der Waals surface area contributed by atoms with Crippen LogP contribution in [-0.4, -0.2) is 26.2 Å². The Kier molecular flexibility index (Phi) is 2.66. The molecule has 3 heteroatoms. The molecular weight excluding hydrogens is 166 g/mol. The first-order valence-corrected chi connectivity index (χ1v) is 4.73. The van der Waals surface area contributed by atoms with Crippen molar-refractivity contribution in [2.45, 2.75) is 27.2 Å². The molecule has 1 aliphatic heterocycles. The van der Waals surface area contributed by atoms with Gasteiger partial charge in [-0.1, -0.05) is 20.8 Å². The fraction of sp³-hybridized carbons (Fsp3) is 0.900. The van der Waals surface area contributed by atoms with Crippen LogP contribution in [0.4, 0.5) is 0 Å². The first kappa shape index (κ1) is 10.5. The maximum Gasteiger partial charge on any atom is 0.313 e. The van der Waals surface area contributed by atoms with Gasteiger partial charge in [0.1, 0.15) is 0 Å². The highest BCUT2D eigenvalue weighted by Crippen LogP contribution is 2.44. The average Bonchev–Trinajstić information content (AvgIpc) is 2.50. The molecule has 0 radical (unpaired) electrons. The first-order valence-electron chi connectivity index (χ1n) is 4.73. The van der Waals surface area contributed by atoms with Crippen molar-refractivity contribution in [2.75, 3.05) is 20.2 Å². The first-order chi connectivity index (χ1) is 5.94.